The van der Waals surface area contributed by atoms with E-state index in [4.69, 9.17) is 4.74 Å². The van der Waals surface area contributed by atoms with Crippen molar-refractivity contribution in [2.24, 2.45) is 0 Å². The number of alkyl halides is 1. The van der Waals surface area contributed by atoms with Crippen molar-refractivity contribution in [2.45, 2.75) is 37.8 Å². The molecule has 0 aromatic heterocycles. The van der Waals surface area contributed by atoms with Gasteiger partial charge in [-0.3, -0.25) is 9.59 Å². The van der Waals surface area contributed by atoms with Crippen LogP contribution in [0, 0.1) is 0 Å². The minimum absolute atomic E-state index is 0.128. The minimum Gasteiger partial charge on any atom is -0.497 e. The van der Waals surface area contributed by atoms with Crippen molar-refractivity contribution in [3.63, 3.8) is 0 Å². The summed E-state index contributed by atoms with van der Waals surface area (Å²) in [6.45, 7) is 1.64. The summed E-state index contributed by atoms with van der Waals surface area (Å²) in [6.07, 6.45) is 2.79. The Bertz CT molecular complexity index is 628. The van der Waals surface area contributed by atoms with Crippen molar-refractivity contribution in [2.75, 3.05) is 33.3 Å². The van der Waals surface area contributed by atoms with E-state index < -0.39 is 11.6 Å². The molecule has 1 unspecified atom stereocenters. The van der Waals surface area contributed by atoms with E-state index in [2.05, 4.69) is 0 Å². The van der Waals surface area contributed by atoms with Crippen molar-refractivity contribution < 1.29 is 18.7 Å². The van der Waals surface area contributed by atoms with Gasteiger partial charge in [-0.1, -0.05) is 12.1 Å². The van der Waals surface area contributed by atoms with Gasteiger partial charge in [0.2, 0.25) is 11.6 Å². The molecule has 0 spiro atoms. The molecule has 0 aliphatic carbocycles. The highest BCUT2D eigenvalue weighted by Crippen LogP contribution is 2.29. The van der Waals surface area contributed by atoms with E-state index >= 15 is 4.39 Å². The highest BCUT2D eigenvalue weighted by atomic mass is 19.1. The standard InChI is InChI=1S/C19H25FN2O3/c1-25-16-7-5-15(6-8-16)13-17(23)22-12-4-9-19(20,14-22)18(24)21-10-2-3-11-21/h5-8H,2-4,9-14H2,1H3. The molecule has 2 aliphatic rings. The zero-order valence-electron chi connectivity index (χ0n) is 14.7. The molecule has 0 N–H and O–H groups in total. The summed E-state index contributed by atoms with van der Waals surface area (Å²) in [5.74, 6) is 0.154. The number of halogens is 1. The van der Waals surface area contributed by atoms with E-state index in [1.54, 1.807) is 24.1 Å². The molecule has 0 radical (unpaired) electrons. The summed E-state index contributed by atoms with van der Waals surface area (Å²) in [6, 6.07) is 7.27. The van der Waals surface area contributed by atoms with Gasteiger partial charge in [-0.05, 0) is 43.4 Å². The van der Waals surface area contributed by atoms with Crippen molar-refractivity contribution in [1.82, 2.24) is 9.80 Å². The maximum Gasteiger partial charge on any atom is 0.262 e. The molecular formula is C19H25FN2O3. The van der Waals surface area contributed by atoms with E-state index in [9.17, 15) is 9.59 Å². The lowest BCUT2D eigenvalue weighted by Gasteiger charge is -2.38. The van der Waals surface area contributed by atoms with E-state index in [0.717, 1.165) is 24.2 Å². The van der Waals surface area contributed by atoms with E-state index in [1.807, 2.05) is 12.1 Å². The third-order valence-electron chi connectivity index (χ3n) is 5.09. The number of likely N-dealkylation sites (tertiary alicyclic amines) is 2. The number of carbonyl (C=O) groups excluding carboxylic acids is 2. The Morgan fingerprint density at radius 3 is 2.36 bits per heavy atom. The maximum absolute atomic E-state index is 15.3. The molecular weight excluding hydrogens is 323 g/mol. The first-order valence-electron chi connectivity index (χ1n) is 8.91. The van der Waals surface area contributed by atoms with Gasteiger partial charge < -0.3 is 14.5 Å². The van der Waals surface area contributed by atoms with Crippen molar-refractivity contribution in [1.29, 1.82) is 0 Å². The van der Waals surface area contributed by atoms with Crippen LogP contribution in [0.4, 0.5) is 4.39 Å². The average molecular weight is 348 g/mol. The van der Waals surface area contributed by atoms with Gasteiger partial charge in [0.1, 0.15) is 5.75 Å². The smallest absolute Gasteiger partial charge is 0.262 e. The lowest BCUT2D eigenvalue weighted by atomic mass is 9.92. The van der Waals surface area contributed by atoms with Crippen LogP contribution in [0.25, 0.3) is 0 Å². The normalized spacial score (nSPS) is 23.6. The summed E-state index contributed by atoms with van der Waals surface area (Å²) in [5.41, 5.74) is -1.08. The zero-order chi connectivity index (χ0) is 17.9. The number of rotatable bonds is 4. The molecule has 136 valence electrons. The Hall–Kier alpha value is -2.11. The van der Waals surface area contributed by atoms with Gasteiger partial charge >= 0.3 is 0 Å². The first-order valence-corrected chi connectivity index (χ1v) is 8.91. The van der Waals surface area contributed by atoms with Gasteiger partial charge in [-0.25, -0.2) is 4.39 Å². The SMILES string of the molecule is COc1ccc(CC(=O)N2CCCC(F)(C(=O)N3CCCC3)C2)cc1. The van der Waals surface area contributed by atoms with Crippen LogP contribution < -0.4 is 4.74 Å². The zero-order valence-corrected chi connectivity index (χ0v) is 14.7. The summed E-state index contributed by atoms with van der Waals surface area (Å²) in [4.78, 5) is 28.2. The monoisotopic (exact) mass is 348 g/mol. The van der Waals surface area contributed by atoms with Gasteiger partial charge in [0.05, 0.1) is 20.1 Å². The quantitative estimate of drug-likeness (QED) is 0.838. The number of hydrogen-bond acceptors (Lipinski definition) is 3. The molecule has 5 nitrogen and oxygen atoms in total. The average Bonchev–Trinajstić information content (AvgIpc) is 3.16. The predicted octanol–water partition coefficient (Wildman–Crippen LogP) is 2.19. The van der Waals surface area contributed by atoms with Gasteiger partial charge in [0.25, 0.3) is 5.91 Å². The van der Waals surface area contributed by atoms with Crippen LogP contribution in [0.1, 0.15) is 31.2 Å². The number of methoxy groups -OCH3 is 1. The third-order valence-corrected chi connectivity index (χ3v) is 5.09. The first kappa shape index (κ1) is 17.7. The van der Waals surface area contributed by atoms with Crippen LogP contribution in [0.15, 0.2) is 24.3 Å². The molecule has 2 aliphatic heterocycles. The van der Waals surface area contributed by atoms with E-state index in [-0.39, 0.29) is 25.3 Å². The van der Waals surface area contributed by atoms with Crippen molar-refractivity contribution in [3.8, 4) is 5.75 Å². The second-order valence-electron chi connectivity index (χ2n) is 6.91. The predicted molar refractivity (Wildman–Crippen MR) is 92.2 cm³/mol. The fourth-order valence-electron chi connectivity index (χ4n) is 3.63. The van der Waals surface area contributed by atoms with Crippen LogP contribution >= 0.6 is 0 Å². The lowest BCUT2D eigenvalue weighted by molar-refractivity contribution is -0.150. The number of amides is 2. The fourth-order valence-corrected chi connectivity index (χ4v) is 3.63. The van der Waals surface area contributed by atoms with Crippen LogP contribution in [-0.2, 0) is 16.0 Å². The molecule has 0 bridgehead atoms. The summed E-state index contributed by atoms with van der Waals surface area (Å²) < 4.78 is 20.4. The van der Waals surface area contributed by atoms with Gasteiger partial charge in [-0.2, -0.15) is 0 Å². The summed E-state index contributed by atoms with van der Waals surface area (Å²) in [5, 5.41) is 0. The third kappa shape index (κ3) is 3.94. The Morgan fingerprint density at radius 1 is 1.08 bits per heavy atom. The number of carbonyl (C=O) groups is 2. The molecule has 2 amide bonds. The van der Waals surface area contributed by atoms with Gasteiger partial charge in [-0.15, -0.1) is 0 Å². The second-order valence-corrected chi connectivity index (χ2v) is 6.91. The summed E-state index contributed by atoms with van der Waals surface area (Å²) in [7, 11) is 1.59. The Morgan fingerprint density at radius 2 is 1.72 bits per heavy atom. The molecule has 6 heteroatoms. The number of ether oxygens (including phenoxy) is 1. The number of benzene rings is 1. The minimum atomic E-state index is -1.93. The Balaban J connectivity index is 1.63. The largest absolute Gasteiger partial charge is 0.497 e. The van der Waals surface area contributed by atoms with Crippen molar-refractivity contribution in [3.05, 3.63) is 29.8 Å². The Labute approximate surface area is 147 Å². The number of hydrogen-bond donors (Lipinski definition) is 0. The fraction of sp³-hybridized carbons (Fsp3) is 0.579. The topological polar surface area (TPSA) is 49.9 Å². The number of nitrogens with zero attached hydrogens (tertiary/aromatic N) is 2. The van der Waals surface area contributed by atoms with Crippen LogP contribution in [-0.4, -0.2) is 60.6 Å². The first-order chi connectivity index (χ1) is 12.0. The Kier molecular flexibility index (Phi) is 5.25. The molecule has 0 saturated carbocycles. The molecule has 3 rings (SSSR count). The van der Waals surface area contributed by atoms with Gasteiger partial charge in [0, 0.05) is 19.6 Å². The highest BCUT2D eigenvalue weighted by Gasteiger charge is 2.46. The van der Waals surface area contributed by atoms with Crippen LogP contribution in [0.2, 0.25) is 0 Å². The van der Waals surface area contributed by atoms with Gasteiger partial charge in [0.15, 0.2) is 0 Å². The molecule has 1 atom stereocenters. The van der Waals surface area contributed by atoms with Crippen LogP contribution in [0.3, 0.4) is 0 Å². The van der Waals surface area contributed by atoms with Crippen LogP contribution in [0.5, 0.6) is 5.75 Å². The highest BCUT2D eigenvalue weighted by molar-refractivity contribution is 5.87. The molecule has 25 heavy (non-hydrogen) atoms. The summed E-state index contributed by atoms with van der Waals surface area (Å²) >= 11 is 0. The lowest BCUT2D eigenvalue weighted by Crippen LogP contribution is -2.56. The molecule has 1 aromatic carbocycles. The molecule has 2 heterocycles. The molecule has 2 saturated heterocycles. The maximum atomic E-state index is 15.3. The molecule has 1 aromatic rings. The van der Waals surface area contributed by atoms with E-state index in [1.165, 1.54) is 4.90 Å². The number of piperidine rings is 1. The van der Waals surface area contributed by atoms with Crippen molar-refractivity contribution >= 4 is 11.8 Å². The van der Waals surface area contributed by atoms with E-state index in [0.29, 0.717) is 26.1 Å². The second kappa shape index (κ2) is 7.42. The molecule has 2 fully saturated rings.